The molecular weight excluding hydrogens is 430 g/mol. The van der Waals surface area contributed by atoms with E-state index in [2.05, 4.69) is 29.5 Å². The Balaban J connectivity index is 1.82. The minimum atomic E-state index is -0.272. The van der Waals surface area contributed by atoms with Gasteiger partial charge in [-0.1, -0.05) is 36.4 Å². The van der Waals surface area contributed by atoms with Crippen LogP contribution < -0.4 is 15.4 Å². The van der Waals surface area contributed by atoms with Crippen molar-refractivity contribution in [2.45, 2.75) is 26.8 Å². The number of anilines is 2. The number of thiophene rings is 1. The van der Waals surface area contributed by atoms with E-state index in [-0.39, 0.29) is 11.9 Å². The maximum atomic E-state index is 13.0. The summed E-state index contributed by atoms with van der Waals surface area (Å²) in [7, 11) is 1.67. The third kappa shape index (κ3) is 4.91. The summed E-state index contributed by atoms with van der Waals surface area (Å²) in [4.78, 5) is 18.7. The first kappa shape index (κ1) is 22.6. The van der Waals surface area contributed by atoms with E-state index in [9.17, 15) is 4.79 Å². The van der Waals surface area contributed by atoms with Crippen molar-refractivity contribution in [2.75, 3.05) is 17.7 Å². The van der Waals surface area contributed by atoms with Crippen LogP contribution in [0.15, 0.2) is 72.9 Å². The standard InChI is InChI=1S/C27H27N3O2S/c1-17-14-15-28-23(16-17)29-25(21-12-8-9-13-22(21)32-4)24-18(2)19(3)33-27(24)30-26(31)20-10-6-5-7-11-20/h5-16,25H,1-4H3,(H,28,29)(H,30,31)/t25-/m0/s1. The number of pyridine rings is 1. The Morgan fingerprint density at radius 2 is 1.73 bits per heavy atom. The predicted octanol–water partition coefficient (Wildman–Crippen LogP) is 6.53. The SMILES string of the molecule is COc1ccccc1[C@H](Nc1cc(C)ccn1)c1c(NC(=O)c2ccccc2)sc(C)c1C. The number of para-hydroxylation sites is 1. The van der Waals surface area contributed by atoms with Crippen molar-refractivity contribution < 1.29 is 9.53 Å². The lowest BCUT2D eigenvalue weighted by atomic mass is 9.95. The monoisotopic (exact) mass is 457 g/mol. The fourth-order valence-corrected chi connectivity index (χ4v) is 4.92. The average molecular weight is 458 g/mol. The molecule has 2 aromatic heterocycles. The van der Waals surface area contributed by atoms with E-state index in [0.29, 0.717) is 5.56 Å². The van der Waals surface area contributed by atoms with E-state index in [1.807, 2.05) is 73.7 Å². The van der Waals surface area contributed by atoms with Gasteiger partial charge in [0.25, 0.3) is 5.91 Å². The van der Waals surface area contributed by atoms with Gasteiger partial charge in [-0.15, -0.1) is 11.3 Å². The molecule has 1 atom stereocenters. The summed E-state index contributed by atoms with van der Waals surface area (Å²) in [6, 6.07) is 20.9. The number of nitrogens with zero attached hydrogens (tertiary/aromatic N) is 1. The number of carbonyl (C=O) groups is 1. The molecule has 0 bridgehead atoms. The zero-order valence-corrected chi connectivity index (χ0v) is 20.0. The number of aromatic nitrogens is 1. The van der Waals surface area contributed by atoms with Gasteiger partial charge in [0.05, 0.1) is 13.2 Å². The normalized spacial score (nSPS) is 11.6. The van der Waals surface area contributed by atoms with Gasteiger partial charge in [-0.2, -0.15) is 0 Å². The van der Waals surface area contributed by atoms with Gasteiger partial charge in [0.2, 0.25) is 0 Å². The molecule has 0 fully saturated rings. The third-order valence-electron chi connectivity index (χ3n) is 5.64. The number of hydrogen-bond acceptors (Lipinski definition) is 5. The summed E-state index contributed by atoms with van der Waals surface area (Å²) in [5.41, 5.74) is 4.84. The molecule has 0 saturated heterocycles. The number of hydrogen-bond donors (Lipinski definition) is 2. The van der Waals surface area contributed by atoms with E-state index in [0.717, 1.165) is 43.7 Å². The van der Waals surface area contributed by atoms with Crippen LogP contribution in [0.1, 0.15) is 43.5 Å². The number of nitrogens with one attached hydrogen (secondary N) is 2. The lowest BCUT2D eigenvalue weighted by molar-refractivity contribution is 0.102. The predicted molar refractivity (Wildman–Crippen MR) is 136 cm³/mol. The van der Waals surface area contributed by atoms with Crippen LogP contribution in [-0.4, -0.2) is 18.0 Å². The number of benzene rings is 2. The molecule has 2 N–H and O–H groups in total. The molecule has 0 aliphatic carbocycles. The number of rotatable bonds is 7. The topological polar surface area (TPSA) is 63.2 Å². The molecule has 168 valence electrons. The van der Waals surface area contributed by atoms with Crippen LogP contribution >= 0.6 is 11.3 Å². The van der Waals surface area contributed by atoms with Gasteiger partial charge >= 0.3 is 0 Å². The summed E-state index contributed by atoms with van der Waals surface area (Å²) in [5.74, 6) is 1.39. The van der Waals surface area contributed by atoms with Gasteiger partial charge in [-0.3, -0.25) is 4.79 Å². The molecule has 2 heterocycles. The maximum Gasteiger partial charge on any atom is 0.256 e. The first-order chi connectivity index (χ1) is 16.0. The molecule has 1 amide bonds. The van der Waals surface area contributed by atoms with Crippen LogP contribution in [0.4, 0.5) is 10.8 Å². The van der Waals surface area contributed by atoms with Gasteiger partial charge < -0.3 is 15.4 Å². The molecule has 4 rings (SSSR count). The fourth-order valence-electron chi connectivity index (χ4n) is 3.82. The highest BCUT2D eigenvalue weighted by Crippen LogP contribution is 2.43. The smallest absolute Gasteiger partial charge is 0.256 e. The van der Waals surface area contributed by atoms with Crippen molar-refractivity contribution in [3.8, 4) is 5.75 Å². The molecule has 0 unspecified atom stereocenters. The van der Waals surface area contributed by atoms with Crippen molar-refractivity contribution in [3.63, 3.8) is 0 Å². The van der Waals surface area contributed by atoms with E-state index < -0.39 is 0 Å². The number of aryl methyl sites for hydroxylation is 2. The Kier molecular flexibility index (Phi) is 6.75. The Hall–Kier alpha value is -3.64. The largest absolute Gasteiger partial charge is 0.496 e. The van der Waals surface area contributed by atoms with Crippen molar-refractivity contribution in [2.24, 2.45) is 0 Å². The van der Waals surface area contributed by atoms with Crippen LogP contribution in [-0.2, 0) is 0 Å². The van der Waals surface area contributed by atoms with Gasteiger partial charge in [0.1, 0.15) is 16.6 Å². The number of carbonyl (C=O) groups excluding carboxylic acids is 1. The van der Waals surface area contributed by atoms with E-state index in [4.69, 9.17) is 4.74 Å². The zero-order valence-electron chi connectivity index (χ0n) is 19.2. The summed E-state index contributed by atoms with van der Waals surface area (Å²) < 4.78 is 5.70. The lowest BCUT2D eigenvalue weighted by Gasteiger charge is -2.24. The van der Waals surface area contributed by atoms with Crippen LogP contribution in [0.5, 0.6) is 5.75 Å². The average Bonchev–Trinajstić information content (AvgIpc) is 3.10. The number of ether oxygens (including phenoxy) is 1. The van der Waals surface area contributed by atoms with Crippen LogP contribution in [0.25, 0.3) is 0 Å². The van der Waals surface area contributed by atoms with Gasteiger partial charge in [-0.05, 0) is 62.2 Å². The second-order valence-electron chi connectivity index (χ2n) is 7.88. The van der Waals surface area contributed by atoms with Crippen molar-refractivity contribution in [3.05, 3.63) is 106 Å². The summed E-state index contributed by atoms with van der Waals surface area (Å²) in [5, 5.41) is 7.57. The van der Waals surface area contributed by atoms with Crippen LogP contribution in [0, 0.1) is 20.8 Å². The van der Waals surface area contributed by atoms with E-state index >= 15 is 0 Å². The van der Waals surface area contributed by atoms with Crippen molar-refractivity contribution >= 4 is 28.1 Å². The van der Waals surface area contributed by atoms with Crippen molar-refractivity contribution in [1.29, 1.82) is 0 Å². The Bertz CT molecular complexity index is 1270. The quantitative estimate of drug-likeness (QED) is 0.331. The van der Waals surface area contributed by atoms with Gasteiger partial charge in [0, 0.05) is 27.8 Å². The van der Waals surface area contributed by atoms with Crippen LogP contribution in [0.3, 0.4) is 0 Å². The fraction of sp³-hybridized carbons (Fsp3) is 0.185. The molecule has 0 aliphatic heterocycles. The highest BCUT2D eigenvalue weighted by Gasteiger charge is 2.27. The Morgan fingerprint density at radius 1 is 1.00 bits per heavy atom. The van der Waals surface area contributed by atoms with E-state index in [1.54, 1.807) is 24.6 Å². The minimum absolute atomic E-state index is 0.134. The Morgan fingerprint density at radius 3 is 2.45 bits per heavy atom. The molecule has 33 heavy (non-hydrogen) atoms. The highest BCUT2D eigenvalue weighted by atomic mass is 32.1. The Labute approximate surface area is 198 Å². The molecule has 0 aliphatic rings. The maximum absolute atomic E-state index is 13.0. The van der Waals surface area contributed by atoms with Crippen molar-refractivity contribution in [1.82, 2.24) is 4.98 Å². The second kappa shape index (κ2) is 9.88. The molecule has 5 nitrogen and oxygen atoms in total. The number of methoxy groups -OCH3 is 1. The molecular formula is C27H27N3O2S. The lowest BCUT2D eigenvalue weighted by Crippen LogP contribution is -2.18. The van der Waals surface area contributed by atoms with Crippen LogP contribution in [0.2, 0.25) is 0 Å². The summed E-state index contributed by atoms with van der Waals surface area (Å²) in [6.45, 7) is 6.20. The molecule has 0 saturated carbocycles. The summed E-state index contributed by atoms with van der Waals surface area (Å²) in [6.07, 6.45) is 1.79. The molecule has 4 aromatic rings. The highest BCUT2D eigenvalue weighted by molar-refractivity contribution is 7.16. The summed E-state index contributed by atoms with van der Waals surface area (Å²) >= 11 is 1.58. The minimum Gasteiger partial charge on any atom is -0.496 e. The second-order valence-corrected chi connectivity index (χ2v) is 9.11. The van der Waals surface area contributed by atoms with Gasteiger partial charge in [0.15, 0.2) is 0 Å². The van der Waals surface area contributed by atoms with Gasteiger partial charge in [-0.25, -0.2) is 4.98 Å². The first-order valence-electron chi connectivity index (χ1n) is 10.8. The zero-order chi connectivity index (χ0) is 23.4. The third-order valence-corrected chi connectivity index (χ3v) is 6.78. The number of amides is 1. The molecule has 0 radical (unpaired) electrons. The van der Waals surface area contributed by atoms with E-state index in [1.165, 1.54) is 0 Å². The molecule has 0 spiro atoms. The first-order valence-corrected chi connectivity index (χ1v) is 11.6. The molecule has 6 heteroatoms. The molecule has 2 aromatic carbocycles.